The molecule has 0 heterocycles. The third-order valence-electron chi connectivity index (χ3n) is 8.11. The predicted octanol–water partition coefficient (Wildman–Crippen LogP) is 10.5. The highest BCUT2D eigenvalue weighted by atomic mass is 19.2. The maximum Gasteiger partial charge on any atom is 0.200 e. The molecule has 0 bridgehead atoms. The van der Waals surface area contributed by atoms with Crippen molar-refractivity contribution >= 4 is 53.9 Å². The van der Waals surface area contributed by atoms with Crippen LogP contribution < -0.4 is 0 Å². The normalized spacial score (nSPS) is 12.5. The molecule has 8 rings (SSSR count). The van der Waals surface area contributed by atoms with Gasteiger partial charge in [0.2, 0.25) is 11.6 Å². The molecule has 0 atom stereocenters. The standard InChI is InChI=1S/C32H8F10/c33-23-21(24(34)28(38)31(41)27(23)37)19-12-7-5-10-3-1-9-2-4-11-6-8-13(18-16(11)14(9)15(10)17(12)18)20(19)22-25(35)29(39)32(42)30(40)26(22)36/h1-8H. The number of benzene rings is 7. The Labute approximate surface area is 227 Å². The van der Waals surface area contributed by atoms with E-state index in [9.17, 15) is 26.3 Å². The van der Waals surface area contributed by atoms with E-state index in [4.69, 9.17) is 0 Å². The number of hydrogen-bond acceptors (Lipinski definition) is 0. The Morgan fingerprint density at radius 1 is 0.238 bits per heavy atom. The van der Waals surface area contributed by atoms with E-state index in [0.29, 0.717) is 32.3 Å². The Morgan fingerprint density at radius 3 is 0.786 bits per heavy atom. The summed E-state index contributed by atoms with van der Waals surface area (Å²) in [6.45, 7) is 0. The summed E-state index contributed by atoms with van der Waals surface area (Å²) in [4.78, 5) is 0. The molecule has 0 aliphatic rings. The number of hydrogen-bond donors (Lipinski definition) is 0. The Balaban J connectivity index is 1.76. The van der Waals surface area contributed by atoms with Crippen LogP contribution in [0.5, 0.6) is 0 Å². The SMILES string of the molecule is Fc1c(F)c(F)c(-c2c(-c3c(F)c(F)c(F)c(F)c3F)c3ccc4ccc5ccc6ccc2c2c6c5c4c32)c(F)c1F. The molecule has 42 heavy (non-hydrogen) atoms. The molecule has 206 valence electrons. The first-order chi connectivity index (χ1) is 20.0. The molecule has 8 aromatic carbocycles. The summed E-state index contributed by atoms with van der Waals surface area (Å²) in [6.07, 6.45) is 0. The lowest BCUT2D eigenvalue weighted by molar-refractivity contribution is 0.380. The fraction of sp³-hybridized carbons (Fsp3) is 0. The summed E-state index contributed by atoms with van der Waals surface area (Å²) in [5, 5.41) is 3.81. The second kappa shape index (κ2) is 7.90. The van der Waals surface area contributed by atoms with Crippen molar-refractivity contribution in [2.45, 2.75) is 0 Å². The zero-order chi connectivity index (χ0) is 29.5. The van der Waals surface area contributed by atoms with E-state index < -0.39 is 80.4 Å². The topological polar surface area (TPSA) is 0 Å². The zero-order valence-electron chi connectivity index (χ0n) is 20.4. The van der Waals surface area contributed by atoms with Crippen molar-refractivity contribution in [1.82, 2.24) is 0 Å². The summed E-state index contributed by atoms with van der Waals surface area (Å²) in [6, 6.07) is 12.6. The lowest BCUT2D eigenvalue weighted by atomic mass is 9.83. The van der Waals surface area contributed by atoms with Gasteiger partial charge >= 0.3 is 0 Å². The maximum atomic E-state index is 15.5. The molecule has 0 unspecified atom stereocenters. The summed E-state index contributed by atoms with van der Waals surface area (Å²) in [7, 11) is 0. The van der Waals surface area contributed by atoms with Crippen LogP contribution in [0, 0.1) is 58.2 Å². The average molecular weight is 582 g/mol. The van der Waals surface area contributed by atoms with Crippen molar-refractivity contribution in [2.24, 2.45) is 0 Å². The van der Waals surface area contributed by atoms with Gasteiger partial charge in [0.05, 0.1) is 11.1 Å². The molecular formula is C32H8F10. The van der Waals surface area contributed by atoms with E-state index >= 15 is 17.6 Å². The summed E-state index contributed by atoms with van der Waals surface area (Å²) in [5.74, 6) is -23.7. The van der Waals surface area contributed by atoms with Crippen molar-refractivity contribution in [3.8, 4) is 22.3 Å². The largest absolute Gasteiger partial charge is 0.203 e. The lowest BCUT2D eigenvalue weighted by Crippen LogP contribution is -2.08. The van der Waals surface area contributed by atoms with E-state index in [1.165, 1.54) is 24.3 Å². The van der Waals surface area contributed by atoms with Crippen LogP contribution in [-0.2, 0) is 0 Å². The third-order valence-corrected chi connectivity index (χ3v) is 8.11. The monoisotopic (exact) mass is 582 g/mol. The maximum absolute atomic E-state index is 15.5. The van der Waals surface area contributed by atoms with Crippen LogP contribution in [0.1, 0.15) is 0 Å². The van der Waals surface area contributed by atoms with E-state index in [1.54, 1.807) is 24.3 Å². The van der Waals surface area contributed by atoms with Crippen LogP contribution >= 0.6 is 0 Å². The molecule has 0 spiro atoms. The van der Waals surface area contributed by atoms with E-state index in [2.05, 4.69) is 0 Å². The molecule has 0 saturated heterocycles. The average Bonchev–Trinajstić information content (AvgIpc) is 3.37. The molecule has 0 aliphatic carbocycles. The zero-order valence-corrected chi connectivity index (χ0v) is 20.4. The highest BCUT2D eigenvalue weighted by Crippen LogP contribution is 2.55. The Kier molecular flexibility index (Phi) is 4.69. The second-order valence-corrected chi connectivity index (χ2v) is 10.0. The van der Waals surface area contributed by atoms with Gasteiger partial charge < -0.3 is 0 Å². The minimum absolute atomic E-state index is 0.214. The van der Waals surface area contributed by atoms with Gasteiger partial charge in [0.15, 0.2) is 46.5 Å². The van der Waals surface area contributed by atoms with Crippen molar-refractivity contribution < 1.29 is 43.9 Å². The van der Waals surface area contributed by atoms with Crippen LogP contribution in [0.4, 0.5) is 43.9 Å². The Bertz CT molecular complexity index is 2240. The van der Waals surface area contributed by atoms with Gasteiger partial charge in [-0.2, -0.15) is 0 Å². The second-order valence-electron chi connectivity index (χ2n) is 10.0. The fourth-order valence-electron chi connectivity index (χ4n) is 6.42. The minimum atomic E-state index is -2.48. The Morgan fingerprint density at radius 2 is 0.476 bits per heavy atom. The first kappa shape index (κ1) is 24.9. The van der Waals surface area contributed by atoms with Gasteiger partial charge in [0.1, 0.15) is 0 Å². The molecule has 0 aromatic heterocycles. The molecule has 0 saturated carbocycles. The molecule has 10 heteroatoms. The van der Waals surface area contributed by atoms with Gasteiger partial charge in [-0.15, -0.1) is 0 Å². The summed E-state index contributed by atoms with van der Waals surface area (Å²) in [5.41, 5.74) is -4.98. The van der Waals surface area contributed by atoms with E-state index in [0.717, 1.165) is 0 Å². The Hall–Kier alpha value is -4.86. The fourth-order valence-corrected chi connectivity index (χ4v) is 6.42. The molecule has 0 amide bonds. The minimum Gasteiger partial charge on any atom is -0.203 e. The molecule has 0 N–H and O–H groups in total. The third kappa shape index (κ3) is 2.70. The number of rotatable bonds is 2. The molecular weight excluding hydrogens is 574 g/mol. The van der Waals surface area contributed by atoms with Gasteiger partial charge in [-0.3, -0.25) is 0 Å². The van der Waals surface area contributed by atoms with Gasteiger partial charge in [-0.1, -0.05) is 48.5 Å². The van der Waals surface area contributed by atoms with Crippen molar-refractivity contribution in [2.75, 3.05) is 0 Å². The number of halogens is 10. The molecule has 0 nitrogen and oxygen atoms in total. The van der Waals surface area contributed by atoms with Crippen molar-refractivity contribution in [3.05, 3.63) is 107 Å². The van der Waals surface area contributed by atoms with Crippen molar-refractivity contribution in [3.63, 3.8) is 0 Å². The van der Waals surface area contributed by atoms with Gasteiger partial charge in [0.25, 0.3) is 0 Å². The first-order valence-electron chi connectivity index (χ1n) is 12.3. The molecule has 0 radical (unpaired) electrons. The molecule has 0 fully saturated rings. The quantitative estimate of drug-likeness (QED) is 0.0824. The highest BCUT2D eigenvalue weighted by Gasteiger charge is 2.36. The lowest BCUT2D eigenvalue weighted by Gasteiger charge is -2.21. The van der Waals surface area contributed by atoms with Gasteiger partial charge in [-0.05, 0) is 53.9 Å². The van der Waals surface area contributed by atoms with E-state index in [-0.39, 0.29) is 21.5 Å². The van der Waals surface area contributed by atoms with Crippen molar-refractivity contribution in [1.29, 1.82) is 0 Å². The van der Waals surface area contributed by atoms with Gasteiger partial charge in [-0.25, -0.2) is 43.9 Å². The molecule has 8 aromatic rings. The van der Waals surface area contributed by atoms with Crippen LogP contribution in [0.2, 0.25) is 0 Å². The van der Waals surface area contributed by atoms with Crippen LogP contribution in [0.15, 0.2) is 48.5 Å². The summed E-state index contributed by atoms with van der Waals surface area (Å²) >= 11 is 0. The predicted molar refractivity (Wildman–Crippen MR) is 138 cm³/mol. The molecule has 0 aliphatic heterocycles. The summed E-state index contributed by atoms with van der Waals surface area (Å²) < 4.78 is 148. The van der Waals surface area contributed by atoms with Crippen LogP contribution in [0.25, 0.3) is 76.1 Å². The highest BCUT2D eigenvalue weighted by molar-refractivity contribution is 6.46. The van der Waals surface area contributed by atoms with Crippen LogP contribution in [-0.4, -0.2) is 0 Å². The van der Waals surface area contributed by atoms with E-state index in [1.807, 2.05) is 0 Å². The van der Waals surface area contributed by atoms with Gasteiger partial charge in [0, 0.05) is 11.1 Å². The first-order valence-corrected chi connectivity index (χ1v) is 12.3. The smallest absolute Gasteiger partial charge is 0.200 e. The van der Waals surface area contributed by atoms with Crippen LogP contribution in [0.3, 0.4) is 0 Å².